The van der Waals surface area contributed by atoms with E-state index in [0.29, 0.717) is 24.3 Å². The van der Waals surface area contributed by atoms with Gasteiger partial charge in [-0.25, -0.2) is 4.79 Å². The van der Waals surface area contributed by atoms with Gasteiger partial charge in [0.15, 0.2) is 5.78 Å². The van der Waals surface area contributed by atoms with Crippen LogP contribution in [0.4, 0.5) is 10.5 Å². The number of rotatable bonds is 6. The number of carbonyl (C=O) groups excluding carboxylic acids is 2. The molecule has 0 saturated carbocycles. The van der Waals surface area contributed by atoms with Gasteiger partial charge in [0, 0.05) is 30.9 Å². The smallest absolute Gasteiger partial charge is 0.322 e. The van der Waals surface area contributed by atoms with E-state index in [-0.39, 0.29) is 17.9 Å². The van der Waals surface area contributed by atoms with E-state index in [0.717, 1.165) is 30.6 Å². The Labute approximate surface area is 160 Å². The highest BCUT2D eigenvalue weighted by molar-refractivity contribution is 5.95. The fourth-order valence-corrected chi connectivity index (χ4v) is 3.24. The molecule has 0 aromatic heterocycles. The Balaban J connectivity index is 1.73. The SMILES string of the molecule is CC(=O)c1ccc(NC(=O)N(Cc2ccccc2C)C[C@@H]2CCCO2)cc1. The average molecular weight is 366 g/mol. The normalized spacial score (nSPS) is 16.1. The van der Waals surface area contributed by atoms with Gasteiger partial charge < -0.3 is 15.0 Å². The zero-order valence-corrected chi connectivity index (χ0v) is 15.9. The molecule has 1 aliphatic rings. The Hall–Kier alpha value is -2.66. The zero-order valence-electron chi connectivity index (χ0n) is 15.9. The highest BCUT2D eigenvalue weighted by Gasteiger charge is 2.23. The molecule has 1 fully saturated rings. The molecule has 5 heteroatoms. The lowest BCUT2D eigenvalue weighted by Gasteiger charge is -2.26. The maximum absolute atomic E-state index is 12.9. The third kappa shape index (κ3) is 5.17. The largest absolute Gasteiger partial charge is 0.376 e. The summed E-state index contributed by atoms with van der Waals surface area (Å²) < 4.78 is 5.73. The molecule has 1 N–H and O–H groups in total. The molecule has 1 saturated heterocycles. The van der Waals surface area contributed by atoms with Gasteiger partial charge in [0.25, 0.3) is 0 Å². The summed E-state index contributed by atoms with van der Waals surface area (Å²) in [6, 6.07) is 14.9. The quantitative estimate of drug-likeness (QED) is 0.771. The first-order chi connectivity index (χ1) is 13.0. The second kappa shape index (κ2) is 8.82. The minimum absolute atomic E-state index is 0.00689. The summed E-state index contributed by atoms with van der Waals surface area (Å²) in [5, 5.41) is 2.94. The first-order valence-corrected chi connectivity index (χ1v) is 9.36. The molecule has 5 nitrogen and oxygen atoms in total. The molecule has 2 aromatic carbocycles. The summed E-state index contributed by atoms with van der Waals surface area (Å²) in [5.41, 5.74) is 3.59. The molecule has 0 aliphatic carbocycles. The van der Waals surface area contributed by atoms with Gasteiger partial charge in [-0.3, -0.25) is 4.79 Å². The molecule has 142 valence electrons. The molecule has 3 rings (SSSR count). The number of urea groups is 1. The van der Waals surface area contributed by atoms with Crippen LogP contribution in [-0.2, 0) is 11.3 Å². The Morgan fingerprint density at radius 3 is 2.52 bits per heavy atom. The lowest BCUT2D eigenvalue weighted by Crippen LogP contribution is -2.39. The molecule has 0 spiro atoms. The van der Waals surface area contributed by atoms with Crippen LogP contribution in [0.5, 0.6) is 0 Å². The lowest BCUT2D eigenvalue weighted by atomic mass is 10.1. The van der Waals surface area contributed by atoms with Crippen molar-refractivity contribution >= 4 is 17.5 Å². The van der Waals surface area contributed by atoms with Crippen molar-refractivity contribution in [2.45, 2.75) is 39.3 Å². The first kappa shape index (κ1) is 19.1. The minimum Gasteiger partial charge on any atom is -0.376 e. The number of nitrogens with zero attached hydrogens (tertiary/aromatic N) is 1. The number of benzene rings is 2. The van der Waals surface area contributed by atoms with Crippen LogP contribution in [0.15, 0.2) is 48.5 Å². The van der Waals surface area contributed by atoms with Gasteiger partial charge in [-0.05, 0) is 62.1 Å². The summed E-state index contributed by atoms with van der Waals surface area (Å²) in [7, 11) is 0. The number of ketones is 1. The zero-order chi connectivity index (χ0) is 19.2. The van der Waals surface area contributed by atoms with Crippen LogP contribution in [0, 0.1) is 6.92 Å². The molecular weight excluding hydrogens is 340 g/mol. The van der Waals surface area contributed by atoms with Crippen LogP contribution in [-0.4, -0.2) is 36.0 Å². The van der Waals surface area contributed by atoms with Crippen molar-refractivity contribution in [3.8, 4) is 0 Å². The number of amides is 2. The third-order valence-electron chi connectivity index (χ3n) is 4.90. The van der Waals surface area contributed by atoms with Crippen molar-refractivity contribution in [3.63, 3.8) is 0 Å². The van der Waals surface area contributed by atoms with E-state index in [2.05, 4.69) is 18.3 Å². The van der Waals surface area contributed by atoms with E-state index < -0.39 is 0 Å². The van der Waals surface area contributed by atoms with Crippen LogP contribution in [0.25, 0.3) is 0 Å². The number of anilines is 1. The molecule has 1 atom stereocenters. The van der Waals surface area contributed by atoms with E-state index in [1.165, 1.54) is 6.92 Å². The number of carbonyl (C=O) groups is 2. The Kier molecular flexibility index (Phi) is 6.24. The van der Waals surface area contributed by atoms with Crippen molar-refractivity contribution in [2.24, 2.45) is 0 Å². The number of hydrogen-bond acceptors (Lipinski definition) is 3. The van der Waals surface area contributed by atoms with Crippen LogP contribution >= 0.6 is 0 Å². The van der Waals surface area contributed by atoms with Crippen LogP contribution in [0.1, 0.15) is 41.3 Å². The molecular formula is C22H26N2O3. The molecule has 2 aromatic rings. The van der Waals surface area contributed by atoms with E-state index in [1.54, 1.807) is 29.2 Å². The molecule has 0 radical (unpaired) electrons. The Bertz CT molecular complexity index is 795. The molecule has 1 aliphatic heterocycles. The number of hydrogen-bond donors (Lipinski definition) is 1. The lowest BCUT2D eigenvalue weighted by molar-refractivity contribution is 0.0819. The number of ether oxygens (including phenoxy) is 1. The summed E-state index contributed by atoms with van der Waals surface area (Å²) >= 11 is 0. The van der Waals surface area contributed by atoms with Gasteiger partial charge in [0.2, 0.25) is 0 Å². The Morgan fingerprint density at radius 1 is 1.15 bits per heavy atom. The third-order valence-corrected chi connectivity index (χ3v) is 4.90. The van der Waals surface area contributed by atoms with Gasteiger partial charge in [0.1, 0.15) is 0 Å². The van der Waals surface area contributed by atoms with Crippen molar-refractivity contribution in [1.82, 2.24) is 4.90 Å². The Morgan fingerprint density at radius 2 is 1.89 bits per heavy atom. The predicted molar refractivity (Wildman–Crippen MR) is 106 cm³/mol. The van der Waals surface area contributed by atoms with Gasteiger partial charge in [-0.1, -0.05) is 24.3 Å². The predicted octanol–water partition coefficient (Wildman–Crippen LogP) is 4.41. The second-order valence-electron chi connectivity index (χ2n) is 7.01. The molecule has 2 amide bonds. The fraction of sp³-hybridized carbons (Fsp3) is 0.364. The first-order valence-electron chi connectivity index (χ1n) is 9.36. The minimum atomic E-state index is -0.163. The molecule has 0 unspecified atom stereocenters. The number of nitrogens with one attached hydrogen (secondary N) is 1. The van der Waals surface area contributed by atoms with E-state index in [4.69, 9.17) is 4.74 Å². The molecule has 1 heterocycles. The topological polar surface area (TPSA) is 58.6 Å². The fourth-order valence-electron chi connectivity index (χ4n) is 3.24. The maximum Gasteiger partial charge on any atom is 0.322 e. The summed E-state index contributed by atoms with van der Waals surface area (Å²) in [4.78, 5) is 26.1. The molecule has 27 heavy (non-hydrogen) atoms. The standard InChI is InChI=1S/C22H26N2O3/c1-16-6-3-4-7-19(16)14-24(15-21-8-5-13-27-21)22(26)23-20-11-9-18(10-12-20)17(2)25/h3-4,6-7,9-12,21H,5,8,13-15H2,1-2H3,(H,23,26)/t21-/m0/s1. The summed E-state index contributed by atoms with van der Waals surface area (Å²) in [5.74, 6) is 0.00689. The number of aryl methyl sites for hydroxylation is 1. The average Bonchev–Trinajstić information content (AvgIpc) is 3.16. The van der Waals surface area contributed by atoms with E-state index in [9.17, 15) is 9.59 Å². The highest BCUT2D eigenvalue weighted by Crippen LogP contribution is 2.18. The van der Waals surface area contributed by atoms with Crippen molar-refractivity contribution in [1.29, 1.82) is 0 Å². The van der Waals surface area contributed by atoms with Crippen LogP contribution in [0.3, 0.4) is 0 Å². The van der Waals surface area contributed by atoms with E-state index >= 15 is 0 Å². The van der Waals surface area contributed by atoms with Gasteiger partial charge >= 0.3 is 6.03 Å². The highest BCUT2D eigenvalue weighted by atomic mass is 16.5. The molecule has 0 bridgehead atoms. The van der Waals surface area contributed by atoms with Crippen molar-refractivity contribution in [2.75, 3.05) is 18.5 Å². The van der Waals surface area contributed by atoms with Crippen molar-refractivity contribution < 1.29 is 14.3 Å². The maximum atomic E-state index is 12.9. The van der Waals surface area contributed by atoms with Crippen molar-refractivity contribution in [3.05, 3.63) is 65.2 Å². The number of Topliss-reactive ketones (excluding diaryl/α,β-unsaturated/α-hetero) is 1. The van der Waals surface area contributed by atoms with Gasteiger partial charge in [0.05, 0.1) is 6.10 Å². The van der Waals surface area contributed by atoms with E-state index in [1.807, 2.05) is 18.2 Å². The van der Waals surface area contributed by atoms with Gasteiger partial charge in [-0.15, -0.1) is 0 Å². The second-order valence-corrected chi connectivity index (χ2v) is 7.01. The summed E-state index contributed by atoms with van der Waals surface area (Å²) in [6.07, 6.45) is 2.10. The van der Waals surface area contributed by atoms with Gasteiger partial charge in [-0.2, -0.15) is 0 Å². The van der Waals surface area contributed by atoms with Crippen LogP contribution < -0.4 is 5.32 Å². The summed E-state index contributed by atoms with van der Waals surface area (Å²) in [6.45, 7) is 5.43. The monoisotopic (exact) mass is 366 g/mol. The van der Waals surface area contributed by atoms with Crippen LogP contribution in [0.2, 0.25) is 0 Å².